The van der Waals surface area contributed by atoms with E-state index in [1.54, 1.807) is 18.8 Å². The number of hydrogen-bond acceptors (Lipinski definition) is 5. The standard InChI is InChI=1S/C12H14N2O2.C5H11NO2S/c1-13-11(12(15)16)6-8-7-14-10-5-3-2-4-9(8)10;1-9-3-2-4(6)5(7)8/h2-5,7,11,13-14H,6H2,1H3,(H,15,16);4H,2-3,6H2,1H3,(H,7,8)/t11-;4-/m01/s1. The summed E-state index contributed by atoms with van der Waals surface area (Å²) in [5, 5.41) is 21.1. The van der Waals surface area contributed by atoms with Crippen molar-refractivity contribution in [3.63, 3.8) is 0 Å². The third-order valence-electron chi connectivity index (χ3n) is 3.70. The summed E-state index contributed by atoms with van der Waals surface area (Å²) >= 11 is 1.60. The van der Waals surface area contributed by atoms with Gasteiger partial charge in [-0.05, 0) is 37.1 Å². The van der Waals surface area contributed by atoms with E-state index in [1.807, 2.05) is 36.7 Å². The second-order valence-corrected chi connectivity index (χ2v) is 6.45. The number of nitrogens with two attached hydrogens (primary N) is 1. The van der Waals surface area contributed by atoms with Crippen LogP contribution in [0.5, 0.6) is 0 Å². The Hall–Kier alpha value is -2.03. The van der Waals surface area contributed by atoms with Gasteiger partial charge < -0.3 is 26.2 Å². The molecule has 0 bridgehead atoms. The van der Waals surface area contributed by atoms with Gasteiger partial charge in [-0.1, -0.05) is 18.2 Å². The molecule has 6 N–H and O–H groups in total. The number of rotatable bonds is 8. The minimum absolute atomic E-state index is 0.482. The van der Waals surface area contributed by atoms with Crippen LogP contribution in [0, 0.1) is 0 Å². The van der Waals surface area contributed by atoms with E-state index in [9.17, 15) is 9.59 Å². The molecule has 0 aliphatic rings. The van der Waals surface area contributed by atoms with Crippen LogP contribution in [0.25, 0.3) is 10.9 Å². The van der Waals surface area contributed by atoms with Gasteiger partial charge in [0.15, 0.2) is 0 Å². The normalized spacial score (nSPS) is 12.9. The van der Waals surface area contributed by atoms with Crippen LogP contribution in [-0.2, 0) is 16.0 Å². The summed E-state index contributed by atoms with van der Waals surface area (Å²) in [5.74, 6) is -0.926. The van der Waals surface area contributed by atoms with Crippen molar-refractivity contribution >= 4 is 34.6 Å². The summed E-state index contributed by atoms with van der Waals surface area (Å²) in [7, 11) is 1.66. The number of H-pyrrole nitrogens is 1. The zero-order valence-electron chi connectivity index (χ0n) is 14.4. The van der Waals surface area contributed by atoms with Gasteiger partial charge in [0.1, 0.15) is 12.1 Å². The average molecular weight is 367 g/mol. The maximum atomic E-state index is 10.9. The molecule has 0 fully saturated rings. The monoisotopic (exact) mass is 367 g/mol. The van der Waals surface area contributed by atoms with Crippen LogP contribution in [0.2, 0.25) is 0 Å². The summed E-state index contributed by atoms with van der Waals surface area (Å²) in [6, 6.07) is 6.66. The fourth-order valence-electron chi connectivity index (χ4n) is 2.20. The number of likely N-dealkylation sites (N-methyl/N-ethyl adjacent to an activating group) is 1. The number of thioether (sulfide) groups is 1. The predicted molar refractivity (Wildman–Crippen MR) is 101 cm³/mol. The number of aromatic amines is 1. The summed E-state index contributed by atoms with van der Waals surface area (Å²) in [6.45, 7) is 0. The number of aromatic nitrogens is 1. The molecule has 8 heteroatoms. The van der Waals surface area contributed by atoms with E-state index in [0.717, 1.165) is 22.2 Å². The van der Waals surface area contributed by atoms with E-state index in [0.29, 0.717) is 12.8 Å². The number of carboxylic acid groups (broad SMARTS) is 2. The second-order valence-electron chi connectivity index (χ2n) is 5.47. The molecule has 1 aromatic heterocycles. The van der Waals surface area contributed by atoms with Crippen molar-refractivity contribution in [3.05, 3.63) is 36.0 Å². The predicted octanol–water partition coefficient (Wildman–Crippen LogP) is 1.53. The van der Waals surface area contributed by atoms with Crippen molar-refractivity contribution in [1.29, 1.82) is 0 Å². The van der Waals surface area contributed by atoms with Gasteiger partial charge in [-0.25, -0.2) is 0 Å². The molecule has 7 nitrogen and oxygen atoms in total. The molecule has 2 atom stereocenters. The number of para-hydroxylation sites is 1. The Morgan fingerprint density at radius 2 is 1.96 bits per heavy atom. The van der Waals surface area contributed by atoms with Gasteiger partial charge in [-0.2, -0.15) is 11.8 Å². The zero-order valence-corrected chi connectivity index (χ0v) is 15.2. The highest BCUT2D eigenvalue weighted by atomic mass is 32.2. The first kappa shape index (κ1) is 21.0. The molecule has 0 spiro atoms. The second kappa shape index (κ2) is 10.8. The van der Waals surface area contributed by atoms with E-state index in [1.165, 1.54) is 0 Å². The van der Waals surface area contributed by atoms with E-state index in [-0.39, 0.29) is 0 Å². The largest absolute Gasteiger partial charge is 0.480 e. The van der Waals surface area contributed by atoms with E-state index in [2.05, 4.69) is 10.3 Å². The molecule has 138 valence electrons. The molecule has 25 heavy (non-hydrogen) atoms. The van der Waals surface area contributed by atoms with Crippen LogP contribution in [0.4, 0.5) is 0 Å². The summed E-state index contributed by atoms with van der Waals surface area (Å²) in [4.78, 5) is 24.1. The summed E-state index contributed by atoms with van der Waals surface area (Å²) < 4.78 is 0. The van der Waals surface area contributed by atoms with E-state index >= 15 is 0 Å². The summed E-state index contributed by atoms with van der Waals surface area (Å²) in [6.07, 6.45) is 4.83. The molecule has 0 unspecified atom stereocenters. The van der Waals surface area contributed by atoms with Gasteiger partial charge in [-0.15, -0.1) is 0 Å². The van der Waals surface area contributed by atoms with Crippen molar-refractivity contribution in [2.24, 2.45) is 5.73 Å². The molecule has 0 aliphatic carbocycles. The fraction of sp³-hybridized carbons (Fsp3) is 0.412. The SMILES string of the molecule is CN[C@@H](Cc1c[nH]c2ccccc12)C(=O)O.CSCC[C@@H](N)C(=O)O. The number of carboxylic acids is 2. The topological polar surface area (TPSA) is 128 Å². The van der Waals surface area contributed by atoms with Gasteiger partial charge >= 0.3 is 11.9 Å². The van der Waals surface area contributed by atoms with Crippen LogP contribution in [0.1, 0.15) is 12.0 Å². The highest BCUT2D eigenvalue weighted by molar-refractivity contribution is 7.98. The lowest BCUT2D eigenvalue weighted by molar-refractivity contribution is -0.139. The number of fused-ring (bicyclic) bond motifs is 1. The number of hydrogen-bond donors (Lipinski definition) is 5. The fourth-order valence-corrected chi connectivity index (χ4v) is 2.69. The number of benzene rings is 1. The third kappa shape index (κ3) is 6.77. The lowest BCUT2D eigenvalue weighted by Gasteiger charge is -2.09. The van der Waals surface area contributed by atoms with Crippen LogP contribution < -0.4 is 11.1 Å². The van der Waals surface area contributed by atoms with Crippen LogP contribution in [0.3, 0.4) is 0 Å². The number of carbonyl (C=O) groups is 2. The smallest absolute Gasteiger partial charge is 0.321 e. The van der Waals surface area contributed by atoms with E-state index < -0.39 is 24.0 Å². The average Bonchev–Trinajstić information content (AvgIpc) is 3.00. The number of nitrogens with one attached hydrogen (secondary N) is 2. The van der Waals surface area contributed by atoms with Crippen LogP contribution >= 0.6 is 11.8 Å². The van der Waals surface area contributed by atoms with Gasteiger partial charge in [0.25, 0.3) is 0 Å². The molecule has 1 aromatic carbocycles. The Kier molecular flexibility index (Phi) is 9.04. The first-order valence-electron chi connectivity index (χ1n) is 7.83. The van der Waals surface area contributed by atoms with Crippen molar-refractivity contribution < 1.29 is 19.8 Å². The van der Waals surface area contributed by atoms with Crippen molar-refractivity contribution in [3.8, 4) is 0 Å². The minimum atomic E-state index is -0.913. The Morgan fingerprint density at radius 1 is 1.28 bits per heavy atom. The van der Waals surface area contributed by atoms with Crippen LogP contribution in [-0.4, -0.2) is 58.3 Å². The molecular weight excluding hydrogens is 342 g/mol. The molecule has 0 saturated heterocycles. The first-order valence-corrected chi connectivity index (χ1v) is 9.22. The van der Waals surface area contributed by atoms with Gasteiger partial charge in [0.2, 0.25) is 0 Å². The zero-order chi connectivity index (χ0) is 18.8. The molecule has 1 heterocycles. The van der Waals surface area contributed by atoms with Gasteiger partial charge in [-0.3, -0.25) is 9.59 Å². The Labute approximate surface area is 151 Å². The van der Waals surface area contributed by atoms with Gasteiger partial charge in [0, 0.05) is 23.5 Å². The lowest BCUT2D eigenvalue weighted by Crippen LogP contribution is -2.35. The molecule has 0 amide bonds. The van der Waals surface area contributed by atoms with Gasteiger partial charge in [0.05, 0.1) is 0 Å². The van der Waals surface area contributed by atoms with E-state index in [4.69, 9.17) is 15.9 Å². The maximum absolute atomic E-state index is 10.9. The third-order valence-corrected chi connectivity index (χ3v) is 4.34. The molecule has 0 radical (unpaired) electrons. The minimum Gasteiger partial charge on any atom is -0.480 e. The van der Waals surface area contributed by atoms with Crippen LogP contribution in [0.15, 0.2) is 30.5 Å². The molecule has 0 aliphatic heterocycles. The Morgan fingerprint density at radius 3 is 2.52 bits per heavy atom. The molecule has 2 rings (SSSR count). The Bertz CT molecular complexity index is 689. The van der Waals surface area contributed by atoms with Crippen molar-refractivity contribution in [2.75, 3.05) is 19.1 Å². The first-order chi connectivity index (χ1) is 11.9. The summed E-state index contributed by atoms with van der Waals surface area (Å²) in [5.41, 5.74) is 7.25. The Balaban J connectivity index is 0.000000299. The lowest BCUT2D eigenvalue weighted by atomic mass is 10.1. The highest BCUT2D eigenvalue weighted by Crippen LogP contribution is 2.18. The van der Waals surface area contributed by atoms with Crippen molar-refractivity contribution in [1.82, 2.24) is 10.3 Å². The quantitative estimate of drug-likeness (QED) is 0.478. The molecule has 2 aromatic rings. The van der Waals surface area contributed by atoms with Crippen molar-refractivity contribution in [2.45, 2.75) is 24.9 Å². The molecule has 0 saturated carbocycles. The molecular formula is C17H25N3O4S. The highest BCUT2D eigenvalue weighted by Gasteiger charge is 2.17. The number of aliphatic carboxylic acids is 2. The maximum Gasteiger partial charge on any atom is 0.321 e.